The van der Waals surface area contributed by atoms with Crippen molar-refractivity contribution in [3.63, 3.8) is 0 Å². The van der Waals surface area contributed by atoms with E-state index in [0.29, 0.717) is 27.1 Å². The number of pyridine rings is 1. The van der Waals surface area contributed by atoms with Crippen LogP contribution in [0, 0.1) is 11.3 Å². The molecule has 0 aliphatic carbocycles. The second-order valence-corrected chi connectivity index (χ2v) is 7.25. The number of aromatic nitrogens is 1. The number of hydrazone groups is 1. The molecule has 0 radical (unpaired) electrons. The Morgan fingerprint density at radius 1 is 1.22 bits per heavy atom. The fourth-order valence-corrected chi connectivity index (χ4v) is 3.23. The van der Waals surface area contributed by atoms with Gasteiger partial charge in [0.15, 0.2) is 11.5 Å². The molecular weight excluding hydrogens is 489 g/mol. The maximum Gasteiger partial charge on any atom is 0.417 e. The van der Waals surface area contributed by atoms with Crippen LogP contribution in [-0.4, -0.2) is 18.3 Å². The molecule has 164 valence electrons. The van der Waals surface area contributed by atoms with Gasteiger partial charge in [-0.2, -0.15) is 23.5 Å². The monoisotopic (exact) mass is 504 g/mol. The van der Waals surface area contributed by atoms with Crippen LogP contribution in [0.2, 0.25) is 0 Å². The van der Waals surface area contributed by atoms with Gasteiger partial charge in [0.1, 0.15) is 12.4 Å². The SMILES string of the molecule is COc1cc(/C=N\Nc2ccc(C(F)(F)F)cn2)cc(Br)c1OCc1ccccc1C#N. The summed E-state index contributed by atoms with van der Waals surface area (Å²) in [5.74, 6) is 1.05. The van der Waals surface area contributed by atoms with E-state index in [2.05, 4.69) is 37.5 Å². The van der Waals surface area contributed by atoms with Crippen LogP contribution in [0.3, 0.4) is 0 Å². The lowest BCUT2D eigenvalue weighted by atomic mass is 10.1. The van der Waals surface area contributed by atoms with Crippen molar-refractivity contribution in [3.05, 3.63) is 81.5 Å². The number of methoxy groups -OCH3 is 1. The van der Waals surface area contributed by atoms with E-state index in [1.165, 1.54) is 19.4 Å². The molecular formula is C22H16BrF3N4O2. The lowest BCUT2D eigenvalue weighted by Gasteiger charge is -2.14. The summed E-state index contributed by atoms with van der Waals surface area (Å²) in [6.45, 7) is 0.174. The molecule has 2 aromatic carbocycles. The molecule has 0 saturated carbocycles. The van der Waals surface area contributed by atoms with Crippen LogP contribution in [0.1, 0.15) is 22.3 Å². The first-order chi connectivity index (χ1) is 15.3. The van der Waals surface area contributed by atoms with Gasteiger partial charge in [0.05, 0.1) is 35.0 Å². The molecule has 6 nitrogen and oxygen atoms in total. The summed E-state index contributed by atoms with van der Waals surface area (Å²) < 4.78 is 49.6. The van der Waals surface area contributed by atoms with Gasteiger partial charge in [-0.25, -0.2) is 4.98 Å². The third-order valence-corrected chi connectivity index (χ3v) is 4.83. The maximum absolute atomic E-state index is 12.6. The molecule has 0 amide bonds. The van der Waals surface area contributed by atoms with Crippen LogP contribution >= 0.6 is 15.9 Å². The lowest BCUT2D eigenvalue weighted by molar-refractivity contribution is -0.137. The molecule has 1 N–H and O–H groups in total. The second-order valence-electron chi connectivity index (χ2n) is 6.39. The quantitative estimate of drug-likeness (QED) is 0.326. The molecule has 0 unspecified atom stereocenters. The third kappa shape index (κ3) is 5.76. The molecule has 10 heteroatoms. The highest BCUT2D eigenvalue weighted by molar-refractivity contribution is 9.10. The highest BCUT2D eigenvalue weighted by atomic mass is 79.9. The smallest absolute Gasteiger partial charge is 0.417 e. The van der Waals surface area contributed by atoms with Gasteiger partial charge in [-0.1, -0.05) is 18.2 Å². The Morgan fingerprint density at radius 2 is 2.00 bits per heavy atom. The van der Waals surface area contributed by atoms with E-state index in [9.17, 15) is 18.4 Å². The molecule has 0 atom stereocenters. The van der Waals surface area contributed by atoms with Crippen molar-refractivity contribution in [3.8, 4) is 17.6 Å². The fourth-order valence-electron chi connectivity index (χ4n) is 2.66. The van der Waals surface area contributed by atoms with Crippen molar-refractivity contribution >= 4 is 28.0 Å². The van der Waals surface area contributed by atoms with E-state index >= 15 is 0 Å². The Morgan fingerprint density at radius 3 is 2.66 bits per heavy atom. The average Bonchev–Trinajstić information content (AvgIpc) is 2.78. The Bertz CT molecular complexity index is 1160. The summed E-state index contributed by atoms with van der Waals surface area (Å²) in [6.07, 6.45) is -2.26. The molecule has 3 aromatic rings. The summed E-state index contributed by atoms with van der Waals surface area (Å²) in [5, 5.41) is 13.2. The third-order valence-electron chi connectivity index (χ3n) is 4.25. The zero-order valence-corrected chi connectivity index (χ0v) is 18.2. The second kappa shape index (κ2) is 10.2. The summed E-state index contributed by atoms with van der Waals surface area (Å²) in [6, 6.07) is 14.8. The van der Waals surface area contributed by atoms with Gasteiger partial charge in [-0.3, -0.25) is 5.43 Å². The largest absolute Gasteiger partial charge is 0.493 e. The first kappa shape index (κ1) is 23.1. The minimum atomic E-state index is -4.45. The Hall–Kier alpha value is -3.58. The molecule has 0 aliphatic rings. The number of rotatable bonds is 7. The highest BCUT2D eigenvalue weighted by Gasteiger charge is 2.30. The number of hydrogen-bond donors (Lipinski definition) is 1. The summed E-state index contributed by atoms with van der Waals surface area (Å²) in [5.41, 5.74) is 3.63. The predicted molar refractivity (Wildman–Crippen MR) is 117 cm³/mol. The predicted octanol–water partition coefficient (Wildman–Crippen LogP) is 5.77. The fraction of sp³-hybridized carbons (Fsp3) is 0.136. The highest BCUT2D eigenvalue weighted by Crippen LogP contribution is 2.37. The zero-order chi connectivity index (χ0) is 23.1. The van der Waals surface area contributed by atoms with Crippen LogP contribution in [0.5, 0.6) is 11.5 Å². The zero-order valence-electron chi connectivity index (χ0n) is 16.7. The van der Waals surface area contributed by atoms with Crippen LogP contribution in [-0.2, 0) is 12.8 Å². The molecule has 0 fully saturated rings. The number of hydrogen-bond acceptors (Lipinski definition) is 6. The number of ether oxygens (including phenoxy) is 2. The number of nitrogens with one attached hydrogen (secondary N) is 1. The van der Waals surface area contributed by atoms with Crippen molar-refractivity contribution in [2.75, 3.05) is 12.5 Å². The van der Waals surface area contributed by atoms with E-state index in [4.69, 9.17) is 9.47 Å². The van der Waals surface area contributed by atoms with Gasteiger partial charge < -0.3 is 9.47 Å². The topological polar surface area (TPSA) is 79.5 Å². The normalized spacial score (nSPS) is 11.2. The van der Waals surface area contributed by atoms with Gasteiger partial charge in [-0.05, 0) is 51.8 Å². The average molecular weight is 505 g/mol. The van der Waals surface area contributed by atoms with Crippen LogP contribution in [0.4, 0.5) is 19.0 Å². The molecule has 1 heterocycles. The number of benzene rings is 2. The minimum absolute atomic E-state index is 0.163. The van der Waals surface area contributed by atoms with Crippen molar-refractivity contribution in [2.24, 2.45) is 5.10 Å². The molecule has 1 aromatic heterocycles. The van der Waals surface area contributed by atoms with Crippen molar-refractivity contribution in [1.82, 2.24) is 4.98 Å². The van der Waals surface area contributed by atoms with E-state index in [1.807, 2.05) is 6.07 Å². The molecule has 0 saturated heterocycles. The maximum atomic E-state index is 12.6. The molecule has 0 aliphatic heterocycles. The number of nitriles is 1. The minimum Gasteiger partial charge on any atom is -0.493 e. The summed E-state index contributed by atoms with van der Waals surface area (Å²) >= 11 is 3.44. The van der Waals surface area contributed by atoms with E-state index < -0.39 is 11.7 Å². The van der Waals surface area contributed by atoms with Crippen LogP contribution in [0.25, 0.3) is 0 Å². The van der Waals surface area contributed by atoms with Crippen molar-refractivity contribution < 1.29 is 22.6 Å². The van der Waals surface area contributed by atoms with E-state index in [0.717, 1.165) is 17.8 Å². The summed E-state index contributed by atoms with van der Waals surface area (Å²) in [4.78, 5) is 3.69. The van der Waals surface area contributed by atoms with Gasteiger partial charge in [0.2, 0.25) is 0 Å². The van der Waals surface area contributed by atoms with Crippen LogP contribution < -0.4 is 14.9 Å². The Balaban J connectivity index is 1.71. The Kier molecular flexibility index (Phi) is 7.33. The molecule has 3 rings (SSSR count). The number of nitrogens with zero attached hydrogens (tertiary/aromatic N) is 3. The lowest BCUT2D eigenvalue weighted by Crippen LogP contribution is -2.05. The first-order valence-electron chi connectivity index (χ1n) is 9.12. The standard InChI is InChI=1S/C22H16BrF3N4O2/c1-31-19-9-14(11-29-30-20-7-6-17(12-28-20)22(24,25)26)8-18(23)21(19)32-13-16-5-3-2-4-15(16)10-27/h2-9,11-12H,13H2,1H3,(H,28,30)/b29-11-. The van der Waals surface area contributed by atoms with Gasteiger partial charge in [0, 0.05) is 11.8 Å². The Labute approximate surface area is 190 Å². The molecule has 0 bridgehead atoms. The van der Waals surface area contributed by atoms with Gasteiger partial charge in [0.25, 0.3) is 0 Å². The van der Waals surface area contributed by atoms with E-state index in [1.54, 1.807) is 30.3 Å². The number of anilines is 1. The first-order valence-corrected chi connectivity index (χ1v) is 9.91. The van der Waals surface area contributed by atoms with E-state index in [-0.39, 0.29) is 12.4 Å². The molecule has 0 spiro atoms. The van der Waals surface area contributed by atoms with Crippen molar-refractivity contribution in [1.29, 1.82) is 5.26 Å². The van der Waals surface area contributed by atoms with Crippen LogP contribution in [0.15, 0.2) is 64.3 Å². The summed E-state index contributed by atoms with van der Waals surface area (Å²) in [7, 11) is 1.49. The number of halogens is 4. The van der Waals surface area contributed by atoms with Crippen molar-refractivity contribution in [2.45, 2.75) is 12.8 Å². The van der Waals surface area contributed by atoms with Gasteiger partial charge >= 0.3 is 6.18 Å². The van der Waals surface area contributed by atoms with Gasteiger partial charge in [-0.15, -0.1) is 0 Å². The number of alkyl halides is 3. The molecule has 32 heavy (non-hydrogen) atoms.